The minimum absolute atomic E-state index is 0.0564. The van der Waals surface area contributed by atoms with Crippen LogP contribution in [0.15, 0.2) is 22.0 Å². The molecule has 2 heterocycles. The molecule has 1 atom stereocenters. The number of halogens is 2. The summed E-state index contributed by atoms with van der Waals surface area (Å²) < 4.78 is 0.951. The molecule has 0 aromatic carbocycles. The van der Waals surface area contributed by atoms with Gasteiger partial charge in [-0.2, -0.15) is 0 Å². The first kappa shape index (κ1) is 12.6. The summed E-state index contributed by atoms with van der Waals surface area (Å²) >= 11 is 12.8. The molecule has 0 bridgehead atoms. The van der Waals surface area contributed by atoms with Gasteiger partial charge in [0.25, 0.3) is 0 Å². The summed E-state index contributed by atoms with van der Waals surface area (Å²) in [7, 11) is 0. The van der Waals surface area contributed by atoms with Crippen molar-refractivity contribution in [2.45, 2.75) is 19.4 Å². The number of thiophene rings is 2. The maximum absolute atomic E-state index is 6.21. The van der Waals surface area contributed by atoms with E-state index in [2.05, 4.69) is 35.0 Å². The standard InChI is InChI=1S/C11H11BrClNS2/c1-2-6-3-4-8(15-6)10(14)9-5-7(13)11(12)16-9/h3-5,10H,2,14H2,1H3. The summed E-state index contributed by atoms with van der Waals surface area (Å²) in [6.07, 6.45) is 1.06. The van der Waals surface area contributed by atoms with Gasteiger partial charge in [-0.05, 0) is 40.5 Å². The van der Waals surface area contributed by atoms with Crippen LogP contribution in [0.2, 0.25) is 5.02 Å². The largest absolute Gasteiger partial charge is 0.319 e. The summed E-state index contributed by atoms with van der Waals surface area (Å²) in [5, 5.41) is 0.739. The Hall–Kier alpha value is 0.130. The first-order valence-electron chi connectivity index (χ1n) is 4.90. The lowest BCUT2D eigenvalue weighted by atomic mass is 10.2. The highest BCUT2D eigenvalue weighted by molar-refractivity contribution is 9.11. The number of nitrogens with two attached hydrogens (primary N) is 1. The van der Waals surface area contributed by atoms with Crippen LogP contribution in [-0.2, 0) is 6.42 Å². The maximum Gasteiger partial charge on any atom is 0.0888 e. The van der Waals surface area contributed by atoms with Crippen molar-refractivity contribution in [1.82, 2.24) is 0 Å². The zero-order chi connectivity index (χ0) is 11.7. The van der Waals surface area contributed by atoms with Crippen LogP contribution < -0.4 is 5.73 Å². The molecule has 0 radical (unpaired) electrons. The Morgan fingerprint density at radius 2 is 2.12 bits per heavy atom. The minimum atomic E-state index is -0.0564. The van der Waals surface area contributed by atoms with Gasteiger partial charge >= 0.3 is 0 Å². The van der Waals surface area contributed by atoms with Crippen molar-refractivity contribution in [2.75, 3.05) is 0 Å². The van der Waals surface area contributed by atoms with Crippen molar-refractivity contribution < 1.29 is 0 Å². The fourth-order valence-corrected chi connectivity index (χ4v) is 4.22. The molecule has 0 spiro atoms. The Bertz CT molecular complexity index is 472. The molecule has 2 N–H and O–H groups in total. The summed E-state index contributed by atoms with van der Waals surface area (Å²) in [5.41, 5.74) is 6.21. The van der Waals surface area contributed by atoms with Crippen molar-refractivity contribution in [1.29, 1.82) is 0 Å². The van der Waals surface area contributed by atoms with Gasteiger partial charge in [0.15, 0.2) is 0 Å². The van der Waals surface area contributed by atoms with Crippen LogP contribution in [-0.4, -0.2) is 0 Å². The quantitative estimate of drug-likeness (QED) is 0.853. The van der Waals surface area contributed by atoms with E-state index in [0.717, 1.165) is 20.1 Å². The van der Waals surface area contributed by atoms with Crippen LogP contribution in [0.25, 0.3) is 0 Å². The molecule has 0 fully saturated rings. The lowest BCUT2D eigenvalue weighted by molar-refractivity contribution is 0.917. The van der Waals surface area contributed by atoms with E-state index in [-0.39, 0.29) is 6.04 Å². The zero-order valence-corrected chi connectivity index (χ0v) is 12.6. The Morgan fingerprint density at radius 3 is 2.62 bits per heavy atom. The second kappa shape index (κ2) is 5.19. The highest BCUT2D eigenvalue weighted by Gasteiger charge is 2.15. The smallest absolute Gasteiger partial charge is 0.0888 e. The van der Waals surface area contributed by atoms with E-state index in [1.165, 1.54) is 9.75 Å². The summed E-state index contributed by atoms with van der Waals surface area (Å²) in [6, 6.07) is 6.13. The van der Waals surface area contributed by atoms with Crippen molar-refractivity contribution in [2.24, 2.45) is 5.73 Å². The second-order valence-corrected chi connectivity index (χ2v) is 7.41. The van der Waals surface area contributed by atoms with Gasteiger partial charge < -0.3 is 5.73 Å². The highest BCUT2D eigenvalue weighted by Crippen LogP contribution is 2.37. The van der Waals surface area contributed by atoms with E-state index in [4.69, 9.17) is 17.3 Å². The number of rotatable bonds is 3. The highest BCUT2D eigenvalue weighted by atomic mass is 79.9. The molecule has 0 amide bonds. The fraction of sp³-hybridized carbons (Fsp3) is 0.273. The maximum atomic E-state index is 6.21. The molecule has 5 heteroatoms. The van der Waals surface area contributed by atoms with Crippen LogP contribution in [0.1, 0.15) is 27.6 Å². The molecule has 0 saturated carbocycles. The topological polar surface area (TPSA) is 26.0 Å². The van der Waals surface area contributed by atoms with Crippen LogP contribution in [0, 0.1) is 0 Å². The molecule has 0 aliphatic heterocycles. The van der Waals surface area contributed by atoms with E-state index in [9.17, 15) is 0 Å². The van der Waals surface area contributed by atoms with Crippen molar-refractivity contribution in [3.8, 4) is 0 Å². The van der Waals surface area contributed by atoms with E-state index in [1.807, 2.05) is 6.07 Å². The normalized spacial score (nSPS) is 13.0. The molecular formula is C11H11BrClNS2. The first-order chi connectivity index (χ1) is 7.61. The van der Waals surface area contributed by atoms with E-state index in [1.54, 1.807) is 22.7 Å². The molecule has 86 valence electrons. The van der Waals surface area contributed by atoms with Gasteiger partial charge in [-0.15, -0.1) is 22.7 Å². The molecule has 2 rings (SSSR count). The zero-order valence-electron chi connectivity index (χ0n) is 8.67. The average Bonchev–Trinajstić information content (AvgIpc) is 2.86. The van der Waals surface area contributed by atoms with E-state index >= 15 is 0 Å². The molecule has 0 aliphatic rings. The molecule has 1 nitrogen and oxygen atoms in total. The Morgan fingerprint density at radius 1 is 1.38 bits per heavy atom. The lowest BCUT2D eigenvalue weighted by Gasteiger charge is -2.05. The van der Waals surface area contributed by atoms with E-state index in [0.29, 0.717) is 0 Å². The van der Waals surface area contributed by atoms with Crippen LogP contribution in [0.4, 0.5) is 0 Å². The van der Waals surface area contributed by atoms with Crippen molar-refractivity contribution in [3.63, 3.8) is 0 Å². The van der Waals surface area contributed by atoms with Gasteiger partial charge in [0, 0.05) is 14.6 Å². The first-order valence-corrected chi connectivity index (χ1v) is 7.71. The van der Waals surface area contributed by atoms with Gasteiger partial charge in [-0.1, -0.05) is 18.5 Å². The lowest BCUT2D eigenvalue weighted by Crippen LogP contribution is -2.07. The van der Waals surface area contributed by atoms with Gasteiger partial charge in [0.1, 0.15) is 0 Å². The second-order valence-electron chi connectivity index (χ2n) is 3.41. The molecule has 2 aromatic heterocycles. The van der Waals surface area contributed by atoms with Gasteiger partial charge in [-0.3, -0.25) is 0 Å². The molecule has 0 saturated heterocycles. The van der Waals surface area contributed by atoms with E-state index < -0.39 is 0 Å². The number of hydrogen-bond acceptors (Lipinski definition) is 3. The van der Waals surface area contributed by atoms with Gasteiger partial charge in [0.2, 0.25) is 0 Å². The van der Waals surface area contributed by atoms with Crippen molar-refractivity contribution in [3.05, 3.63) is 41.6 Å². The van der Waals surface area contributed by atoms with Crippen LogP contribution >= 0.6 is 50.2 Å². The summed E-state index contributed by atoms with van der Waals surface area (Å²) in [6.45, 7) is 2.15. The summed E-state index contributed by atoms with van der Waals surface area (Å²) in [4.78, 5) is 3.66. The van der Waals surface area contributed by atoms with Crippen LogP contribution in [0.3, 0.4) is 0 Å². The number of aryl methyl sites for hydroxylation is 1. The molecule has 2 aromatic rings. The molecule has 16 heavy (non-hydrogen) atoms. The Balaban J connectivity index is 2.27. The molecule has 0 aliphatic carbocycles. The van der Waals surface area contributed by atoms with Gasteiger partial charge in [0.05, 0.1) is 14.9 Å². The van der Waals surface area contributed by atoms with Gasteiger partial charge in [-0.25, -0.2) is 0 Å². The summed E-state index contributed by atoms with van der Waals surface area (Å²) in [5.74, 6) is 0. The monoisotopic (exact) mass is 335 g/mol. The third kappa shape index (κ3) is 2.51. The minimum Gasteiger partial charge on any atom is -0.319 e. The predicted molar refractivity (Wildman–Crippen MR) is 76.8 cm³/mol. The Kier molecular flexibility index (Phi) is 4.08. The third-order valence-corrected chi connectivity index (χ3v) is 6.18. The SMILES string of the molecule is CCc1ccc(C(N)c2cc(Cl)c(Br)s2)s1. The molecular weight excluding hydrogens is 326 g/mol. The Labute approximate surface area is 116 Å². The molecule has 1 unspecified atom stereocenters. The number of hydrogen-bond donors (Lipinski definition) is 1. The average molecular weight is 337 g/mol. The fourth-order valence-electron chi connectivity index (χ4n) is 1.41. The van der Waals surface area contributed by atoms with Crippen molar-refractivity contribution >= 4 is 50.2 Å². The van der Waals surface area contributed by atoms with Crippen LogP contribution in [0.5, 0.6) is 0 Å². The predicted octanol–water partition coefficient (Wildman–Crippen LogP) is 4.84. The third-order valence-electron chi connectivity index (χ3n) is 2.31.